The summed E-state index contributed by atoms with van der Waals surface area (Å²) in [5.74, 6) is 5.30. The molecule has 0 aliphatic heterocycles. The summed E-state index contributed by atoms with van der Waals surface area (Å²) in [6.07, 6.45) is 0. The average molecular weight is 1730 g/mol. The Morgan fingerprint density at radius 1 is 0.162 bits per heavy atom. The van der Waals surface area contributed by atoms with Gasteiger partial charge in [-0.25, -0.2) is 39.9 Å². The SMILES string of the molecule is c1ccc(-c2nc(-c3cccc(-c4cc(-c5cccc(-c6nc(-c7ccc(-c8cccc9c8sc8ccc(-c%10cccc(-c%11nc%12ccccc%12n%11-c%11ccccc%11)c%10)cc89)cc7)nc(-c7ccc8c(c7)sc7ccccc78)n6)c5)cc5c4sc4ccc(-c6cccc(-c7nc8ccccc8n7-c7ccccc7)c6)cc45)c3)nc(-c3ccc4c(c3)sc3ccccc34)n2)cc1. The van der Waals surface area contributed by atoms with E-state index in [9.17, 15) is 0 Å². The van der Waals surface area contributed by atoms with E-state index in [1.165, 1.54) is 70.8 Å². The summed E-state index contributed by atoms with van der Waals surface area (Å²) in [4.78, 5) is 42.9. The second-order valence-electron chi connectivity index (χ2n) is 32.9. The van der Waals surface area contributed by atoms with Crippen LogP contribution in [0.1, 0.15) is 0 Å². The van der Waals surface area contributed by atoms with Crippen molar-refractivity contribution >= 4 is 148 Å². The maximum atomic E-state index is 5.51. The number of hydrogen-bond donors (Lipinski definition) is 0. The average Bonchev–Trinajstić information content (AvgIpc) is 1.56. The molecule has 130 heavy (non-hydrogen) atoms. The van der Waals surface area contributed by atoms with E-state index in [1.807, 2.05) is 40.9 Å². The van der Waals surface area contributed by atoms with Gasteiger partial charge in [0, 0.05) is 142 Å². The van der Waals surface area contributed by atoms with Gasteiger partial charge in [-0.05, 0) is 184 Å². The molecule has 0 amide bonds. The molecular formula is C116H68N10S4. The van der Waals surface area contributed by atoms with E-state index in [2.05, 4.69) is 403 Å². The molecule has 0 spiro atoms. The number of para-hydroxylation sites is 6. The van der Waals surface area contributed by atoms with Crippen LogP contribution in [-0.2, 0) is 0 Å². The largest absolute Gasteiger partial charge is 0.292 e. The maximum Gasteiger partial charge on any atom is 0.164 e. The number of aromatic nitrogens is 10. The molecule has 0 saturated carbocycles. The Balaban J connectivity index is 0.594. The molecule has 0 saturated heterocycles. The van der Waals surface area contributed by atoms with E-state index in [4.69, 9.17) is 39.9 Å². The highest BCUT2D eigenvalue weighted by atomic mass is 32.1. The number of rotatable bonds is 15. The third kappa shape index (κ3) is 13.1. The van der Waals surface area contributed by atoms with Crippen LogP contribution >= 0.6 is 45.3 Å². The Hall–Kier alpha value is -16.2. The quantitative estimate of drug-likeness (QED) is 0.0997. The van der Waals surface area contributed by atoms with Crippen LogP contribution in [0.3, 0.4) is 0 Å². The van der Waals surface area contributed by atoms with Crippen LogP contribution in [0.25, 0.3) is 261 Å². The maximum absolute atomic E-state index is 5.51. The first kappa shape index (κ1) is 75.2. The van der Waals surface area contributed by atoms with Gasteiger partial charge in [0.05, 0.1) is 22.1 Å². The van der Waals surface area contributed by atoms with Crippen molar-refractivity contribution in [1.29, 1.82) is 0 Å². The zero-order valence-electron chi connectivity index (χ0n) is 69.4. The molecular weight excluding hydrogens is 1660 g/mol. The van der Waals surface area contributed by atoms with Gasteiger partial charge in [0.2, 0.25) is 0 Å². The monoisotopic (exact) mass is 1730 g/mol. The normalized spacial score (nSPS) is 11.8. The lowest BCUT2D eigenvalue weighted by Crippen LogP contribution is -2.00. The van der Waals surface area contributed by atoms with Crippen molar-refractivity contribution in [3.8, 4) is 158 Å². The van der Waals surface area contributed by atoms with Gasteiger partial charge >= 0.3 is 0 Å². The number of imidazole rings is 2. The standard InChI is InChI=1S/C116H68N10S4/c1-4-23-70(24-5-1)109-119-112(124-113(120-109)80-51-55-90-88-37-10-16-45-101(88)127-105(90)67-80)79-30-21-28-77(62-79)93-65-84(66-96-95-64-76(54-58-104(95)130-108(93)96)73-26-20-32-83(61-73)116-118-98-42-13-15-44-100(98)126(116)86-35-8-3-9-36-86)74-27-18-29-78(59-74)111-121-110(122-114(123-111)81-52-56-91-89-38-11-17-46-102(89)128-106(91)68-81)71-49-47-69(48-50-71)87-39-22-40-92-94-63-75(53-57-103(94)129-107(87)92)72-25-19-31-82(60-72)115-117-97-41-12-14-43-99(97)125(115)85-33-6-2-7-34-85/h1-68H. The van der Waals surface area contributed by atoms with Gasteiger partial charge in [-0.15, -0.1) is 45.3 Å². The molecule has 18 aromatic carbocycles. The predicted octanol–water partition coefficient (Wildman–Crippen LogP) is 31.9. The number of nitrogens with zero attached hydrogens (tertiary/aromatic N) is 10. The van der Waals surface area contributed by atoms with Crippen LogP contribution in [0.2, 0.25) is 0 Å². The first-order valence-corrected chi connectivity index (χ1v) is 46.6. The predicted molar refractivity (Wildman–Crippen MR) is 545 cm³/mol. The van der Waals surface area contributed by atoms with Crippen molar-refractivity contribution in [3.05, 3.63) is 413 Å². The topological polar surface area (TPSA) is 113 Å². The third-order valence-corrected chi connectivity index (χ3v) is 29.7. The summed E-state index contributed by atoms with van der Waals surface area (Å²) in [6, 6.07) is 148. The van der Waals surface area contributed by atoms with E-state index >= 15 is 0 Å². The number of benzene rings is 18. The molecule has 26 aromatic rings. The molecule has 0 radical (unpaired) electrons. The Kier molecular flexibility index (Phi) is 17.8. The zero-order valence-corrected chi connectivity index (χ0v) is 72.6. The van der Waals surface area contributed by atoms with Crippen molar-refractivity contribution in [2.45, 2.75) is 0 Å². The van der Waals surface area contributed by atoms with E-state index in [0.717, 1.165) is 155 Å². The molecule has 26 rings (SSSR count). The summed E-state index contributed by atoms with van der Waals surface area (Å²) in [5, 5.41) is 9.63. The third-order valence-electron chi connectivity index (χ3n) is 25.0. The summed E-state index contributed by atoms with van der Waals surface area (Å²) in [5.41, 5.74) is 24.4. The molecule has 0 atom stereocenters. The fraction of sp³-hybridized carbons (Fsp3) is 0. The van der Waals surface area contributed by atoms with Crippen LogP contribution in [0.15, 0.2) is 413 Å². The van der Waals surface area contributed by atoms with Crippen LogP contribution in [0.5, 0.6) is 0 Å². The highest BCUT2D eigenvalue weighted by Crippen LogP contribution is 2.49. The molecule has 606 valence electrons. The highest BCUT2D eigenvalue weighted by molar-refractivity contribution is 7.27. The van der Waals surface area contributed by atoms with Gasteiger partial charge in [-0.2, -0.15) is 0 Å². The van der Waals surface area contributed by atoms with Crippen LogP contribution in [-0.4, -0.2) is 49.0 Å². The Labute approximate surface area is 761 Å². The molecule has 0 unspecified atom stereocenters. The van der Waals surface area contributed by atoms with E-state index < -0.39 is 0 Å². The Morgan fingerprint density at radius 3 is 1.02 bits per heavy atom. The summed E-state index contributed by atoms with van der Waals surface area (Å²) >= 11 is 7.23. The lowest BCUT2D eigenvalue weighted by Gasteiger charge is -2.13. The van der Waals surface area contributed by atoms with Crippen molar-refractivity contribution in [2.24, 2.45) is 0 Å². The fourth-order valence-electron chi connectivity index (χ4n) is 18.7. The minimum Gasteiger partial charge on any atom is -0.292 e. The number of hydrogen-bond acceptors (Lipinski definition) is 12. The molecule has 0 aliphatic carbocycles. The number of fused-ring (bicyclic) bond motifs is 14. The smallest absolute Gasteiger partial charge is 0.164 e. The first-order chi connectivity index (χ1) is 64.3. The molecule has 0 bridgehead atoms. The highest BCUT2D eigenvalue weighted by Gasteiger charge is 2.25. The van der Waals surface area contributed by atoms with Gasteiger partial charge in [-0.3, -0.25) is 9.13 Å². The van der Waals surface area contributed by atoms with Crippen molar-refractivity contribution in [2.75, 3.05) is 0 Å². The Bertz CT molecular complexity index is 9080. The van der Waals surface area contributed by atoms with Gasteiger partial charge < -0.3 is 0 Å². The first-order valence-electron chi connectivity index (χ1n) is 43.3. The van der Waals surface area contributed by atoms with Gasteiger partial charge in [0.25, 0.3) is 0 Å². The molecule has 0 N–H and O–H groups in total. The summed E-state index contributed by atoms with van der Waals surface area (Å²) < 4.78 is 14.2. The summed E-state index contributed by atoms with van der Waals surface area (Å²) in [7, 11) is 0. The van der Waals surface area contributed by atoms with Crippen molar-refractivity contribution in [1.82, 2.24) is 49.0 Å². The lowest BCUT2D eigenvalue weighted by atomic mass is 9.93. The van der Waals surface area contributed by atoms with Gasteiger partial charge in [0.15, 0.2) is 34.9 Å². The second kappa shape index (κ2) is 30.8. The van der Waals surface area contributed by atoms with Crippen molar-refractivity contribution in [3.63, 3.8) is 0 Å². The van der Waals surface area contributed by atoms with E-state index in [0.29, 0.717) is 34.9 Å². The minimum absolute atomic E-state index is 0.562. The molecule has 14 heteroatoms. The minimum atomic E-state index is 0.562. The molecule has 8 heterocycles. The van der Waals surface area contributed by atoms with Gasteiger partial charge in [0.1, 0.15) is 11.6 Å². The fourth-order valence-corrected chi connectivity index (χ4v) is 23.5. The Morgan fingerprint density at radius 2 is 0.492 bits per heavy atom. The van der Waals surface area contributed by atoms with Crippen molar-refractivity contribution < 1.29 is 0 Å². The summed E-state index contributed by atoms with van der Waals surface area (Å²) in [6.45, 7) is 0. The molecule has 0 aliphatic rings. The van der Waals surface area contributed by atoms with Gasteiger partial charge in [-0.1, -0.05) is 279 Å². The lowest BCUT2D eigenvalue weighted by molar-refractivity contribution is 1.07. The number of thiophene rings is 4. The molecule has 10 nitrogen and oxygen atoms in total. The zero-order chi connectivity index (χ0) is 85.4. The van der Waals surface area contributed by atoms with Crippen LogP contribution in [0, 0.1) is 0 Å². The van der Waals surface area contributed by atoms with Crippen LogP contribution < -0.4 is 0 Å². The van der Waals surface area contributed by atoms with E-state index in [-0.39, 0.29) is 0 Å². The molecule has 0 fully saturated rings. The molecule has 8 aromatic heterocycles. The van der Waals surface area contributed by atoms with E-state index in [1.54, 1.807) is 22.7 Å². The van der Waals surface area contributed by atoms with Crippen LogP contribution in [0.4, 0.5) is 0 Å². The second-order valence-corrected chi connectivity index (χ2v) is 37.2.